The summed E-state index contributed by atoms with van der Waals surface area (Å²) in [5, 5.41) is 0.513. The topological polar surface area (TPSA) is 52.6 Å². The Bertz CT molecular complexity index is 712. The van der Waals surface area contributed by atoms with Crippen molar-refractivity contribution in [1.29, 1.82) is 0 Å². The van der Waals surface area contributed by atoms with Gasteiger partial charge >= 0.3 is 10.1 Å². The molecule has 0 unspecified atom stereocenters. The van der Waals surface area contributed by atoms with Gasteiger partial charge in [-0.3, -0.25) is 0 Å². The fourth-order valence-electron chi connectivity index (χ4n) is 1.45. The van der Waals surface area contributed by atoms with E-state index in [1.54, 1.807) is 0 Å². The molecule has 0 bridgehead atoms. The zero-order chi connectivity index (χ0) is 14.8. The summed E-state index contributed by atoms with van der Waals surface area (Å²) in [4.78, 5) is 0.00400. The fraction of sp³-hybridized carbons (Fsp3) is 0.0769. The van der Waals surface area contributed by atoms with E-state index in [1.165, 1.54) is 49.6 Å². The lowest BCUT2D eigenvalue weighted by atomic mass is 10.3. The third kappa shape index (κ3) is 3.36. The van der Waals surface area contributed by atoms with Crippen molar-refractivity contribution < 1.29 is 17.3 Å². The van der Waals surface area contributed by atoms with E-state index in [9.17, 15) is 8.42 Å². The first-order chi connectivity index (χ1) is 9.42. The van der Waals surface area contributed by atoms with Crippen LogP contribution in [-0.2, 0) is 10.1 Å². The van der Waals surface area contributed by atoms with E-state index >= 15 is 0 Å². The number of ether oxygens (including phenoxy) is 1. The second-order valence-electron chi connectivity index (χ2n) is 3.79. The molecule has 0 fully saturated rings. The summed E-state index contributed by atoms with van der Waals surface area (Å²) in [5.41, 5.74) is 0. The molecule has 4 nitrogen and oxygen atoms in total. The number of methoxy groups -OCH3 is 1. The van der Waals surface area contributed by atoms with Crippen LogP contribution in [0, 0.1) is 0 Å². The summed E-state index contributed by atoms with van der Waals surface area (Å²) >= 11 is 11.6. The normalized spacial score (nSPS) is 11.2. The first kappa shape index (κ1) is 15.0. The molecule has 0 aliphatic rings. The van der Waals surface area contributed by atoms with Crippen LogP contribution < -0.4 is 8.92 Å². The number of hydrogen-bond acceptors (Lipinski definition) is 4. The SMILES string of the molecule is COc1ccc(S(=O)(=O)Oc2ccc(Cl)cc2Cl)cc1. The summed E-state index contributed by atoms with van der Waals surface area (Å²) in [6.45, 7) is 0. The lowest BCUT2D eigenvalue weighted by Gasteiger charge is -2.09. The fourth-order valence-corrected chi connectivity index (χ4v) is 2.89. The molecule has 2 aromatic carbocycles. The Morgan fingerprint density at radius 1 is 1.00 bits per heavy atom. The predicted molar refractivity (Wildman–Crippen MR) is 77.3 cm³/mol. The van der Waals surface area contributed by atoms with Crippen molar-refractivity contribution in [3.05, 3.63) is 52.5 Å². The third-order valence-electron chi connectivity index (χ3n) is 2.44. The number of halogens is 2. The van der Waals surface area contributed by atoms with Gasteiger partial charge in [0.15, 0.2) is 5.75 Å². The van der Waals surface area contributed by atoms with Gasteiger partial charge in [-0.25, -0.2) is 0 Å². The van der Waals surface area contributed by atoms with E-state index in [-0.39, 0.29) is 15.7 Å². The van der Waals surface area contributed by atoms with Crippen molar-refractivity contribution in [3.8, 4) is 11.5 Å². The molecule has 0 saturated carbocycles. The highest BCUT2D eigenvalue weighted by Crippen LogP contribution is 2.30. The maximum absolute atomic E-state index is 12.1. The predicted octanol–water partition coefficient (Wildman–Crippen LogP) is 3.77. The minimum Gasteiger partial charge on any atom is -0.497 e. The van der Waals surface area contributed by atoms with Crippen LogP contribution in [0.4, 0.5) is 0 Å². The van der Waals surface area contributed by atoms with Crippen molar-refractivity contribution in [2.45, 2.75) is 4.90 Å². The molecule has 0 aromatic heterocycles. The first-order valence-electron chi connectivity index (χ1n) is 5.46. The zero-order valence-corrected chi connectivity index (χ0v) is 12.7. The van der Waals surface area contributed by atoms with Gasteiger partial charge in [0.1, 0.15) is 10.6 Å². The van der Waals surface area contributed by atoms with Crippen LogP contribution in [0.15, 0.2) is 47.4 Å². The van der Waals surface area contributed by atoms with Gasteiger partial charge in [-0.05, 0) is 42.5 Å². The molecule has 0 aliphatic carbocycles. The summed E-state index contributed by atoms with van der Waals surface area (Å²) in [7, 11) is -2.46. The summed E-state index contributed by atoms with van der Waals surface area (Å²) in [6.07, 6.45) is 0. The van der Waals surface area contributed by atoms with E-state index in [1.807, 2.05) is 0 Å². The van der Waals surface area contributed by atoms with Gasteiger partial charge in [-0.15, -0.1) is 0 Å². The maximum Gasteiger partial charge on any atom is 0.339 e. The molecule has 0 saturated heterocycles. The molecule has 7 heteroatoms. The average Bonchev–Trinajstić information content (AvgIpc) is 2.42. The lowest BCUT2D eigenvalue weighted by Crippen LogP contribution is -2.09. The quantitative estimate of drug-likeness (QED) is 0.799. The second kappa shape index (κ2) is 5.91. The molecule has 0 N–H and O–H groups in total. The van der Waals surface area contributed by atoms with Crippen LogP contribution in [0.5, 0.6) is 11.5 Å². The van der Waals surface area contributed by atoms with Gasteiger partial charge in [-0.2, -0.15) is 8.42 Å². The van der Waals surface area contributed by atoms with E-state index in [0.29, 0.717) is 10.8 Å². The van der Waals surface area contributed by atoms with E-state index in [4.69, 9.17) is 32.1 Å². The van der Waals surface area contributed by atoms with Gasteiger partial charge in [-0.1, -0.05) is 23.2 Å². The Morgan fingerprint density at radius 2 is 1.65 bits per heavy atom. The molecule has 0 radical (unpaired) electrons. The molecular formula is C13H10Cl2O4S. The highest BCUT2D eigenvalue weighted by atomic mass is 35.5. The van der Waals surface area contributed by atoms with Crippen LogP contribution in [-0.4, -0.2) is 15.5 Å². The Labute approximate surface area is 127 Å². The zero-order valence-electron chi connectivity index (χ0n) is 10.3. The second-order valence-corrected chi connectivity index (χ2v) is 6.18. The third-order valence-corrected chi connectivity index (χ3v) is 4.22. The largest absolute Gasteiger partial charge is 0.497 e. The summed E-state index contributed by atoms with van der Waals surface area (Å²) in [5.74, 6) is 0.570. The molecule has 20 heavy (non-hydrogen) atoms. The lowest BCUT2D eigenvalue weighted by molar-refractivity contribution is 0.414. The standard InChI is InChI=1S/C13H10Cl2O4S/c1-18-10-3-5-11(6-4-10)20(16,17)19-13-7-2-9(14)8-12(13)15/h2-8H,1H3. The Hall–Kier alpha value is -1.43. The van der Waals surface area contributed by atoms with Crippen LogP contribution in [0.25, 0.3) is 0 Å². The average molecular weight is 333 g/mol. The van der Waals surface area contributed by atoms with E-state index < -0.39 is 10.1 Å². The number of hydrogen-bond donors (Lipinski definition) is 0. The summed E-state index contributed by atoms with van der Waals surface area (Å²) < 4.78 is 34.1. The van der Waals surface area contributed by atoms with Crippen molar-refractivity contribution in [2.24, 2.45) is 0 Å². The molecular weight excluding hydrogens is 323 g/mol. The highest BCUT2D eigenvalue weighted by molar-refractivity contribution is 7.87. The van der Waals surface area contributed by atoms with Crippen LogP contribution in [0.3, 0.4) is 0 Å². The summed E-state index contributed by atoms with van der Waals surface area (Å²) in [6, 6.07) is 10.1. The molecule has 0 atom stereocenters. The van der Waals surface area contributed by atoms with Crippen LogP contribution in [0.1, 0.15) is 0 Å². The van der Waals surface area contributed by atoms with Gasteiger partial charge in [0.2, 0.25) is 0 Å². The maximum atomic E-state index is 12.1. The smallest absolute Gasteiger partial charge is 0.339 e. The first-order valence-corrected chi connectivity index (χ1v) is 7.62. The molecule has 2 aromatic rings. The highest BCUT2D eigenvalue weighted by Gasteiger charge is 2.18. The van der Waals surface area contributed by atoms with Crippen molar-refractivity contribution in [1.82, 2.24) is 0 Å². The molecule has 0 amide bonds. The monoisotopic (exact) mass is 332 g/mol. The van der Waals surface area contributed by atoms with Crippen LogP contribution >= 0.6 is 23.2 Å². The van der Waals surface area contributed by atoms with Gasteiger partial charge in [0.25, 0.3) is 0 Å². The molecule has 0 aliphatic heterocycles. The van der Waals surface area contributed by atoms with Crippen molar-refractivity contribution in [3.63, 3.8) is 0 Å². The van der Waals surface area contributed by atoms with Crippen molar-refractivity contribution >= 4 is 33.3 Å². The Kier molecular flexibility index (Phi) is 4.42. The molecule has 2 rings (SSSR count). The minimum atomic E-state index is -3.96. The van der Waals surface area contributed by atoms with Gasteiger partial charge < -0.3 is 8.92 Å². The van der Waals surface area contributed by atoms with Gasteiger partial charge in [0, 0.05) is 5.02 Å². The number of benzene rings is 2. The van der Waals surface area contributed by atoms with Crippen molar-refractivity contribution in [2.75, 3.05) is 7.11 Å². The molecule has 0 spiro atoms. The number of rotatable bonds is 4. The molecule has 106 valence electrons. The Morgan fingerprint density at radius 3 is 2.20 bits per heavy atom. The molecule has 0 heterocycles. The van der Waals surface area contributed by atoms with Crippen LogP contribution in [0.2, 0.25) is 10.0 Å². The Balaban J connectivity index is 2.30. The van der Waals surface area contributed by atoms with Gasteiger partial charge in [0.05, 0.1) is 12.1 Å². The van der Waals surface area contributed by atoms with E-state index in [2.05, 4.69) is 0 Å². The minimum absolute atomic E-state index is 0.00400. The van der Waals surface area contributed by atoms with E-state index in [0.717, 1.165) is 0 Å².